The number of allylic oxidation sites excluding steroid dienone is 2. The second kappa shape index (κ2) is 5.67. The summed E-state index contributed by atoms with van der Waals surface area (Å²) in [4.78, 5) is 0. The van der Waals surface area contributed by atoms with Crippen LogP contribution in [0.4, 0.5) is 8.78 Å². The molecule has 0 amide bonds. The zero-order chi connectivity index (χ0) is 13.0. The summed E-state index contributed by atoms with van der Waals surface area (Å²) in [6, 6.07) is 3.29. The fourth-order valence-electron chi connectivity index (χ4n) is 1.64. The van der Waals surface area contributed by atoms with Gasteiger partial charge in [0.1, 0.15) is 18.2 Å². The molecule has 0 N–H and O–H groups in total. The van der Waals surface area contributed by atoms with E-state index in [1.54, 1.807) is 6.08 Å². The van der Waals surface area contributed by atoms with Gasteiger partial charge in [-0.05, 0) is 43.2 Å². The van der Waals surface area contributed by atoms with E-state index < -0.39 is 11.6 Å². The lowest BCUT2D eigenvalue weighted by Crippen LogP contribution is -2.04. The van der Waals surface area contributed by atoms with Gasteiger partial charge >= 0.3 is 0 Å². The van der Waals surface area contributed by atoms with Gasteiger partial charge < -0.3 is 9.47 Å². The van der Waals surface area contributed by atoms with Crippen molar-refractivity contribution in [2.75, 3.05) is 7.11 Å². The van der Waals surface area contributed by atoms with Gasteiger partial charge in [-0.3, -0.25) is 0 Å². The molecule has 1 aromatic rings. The third-order valence-corrected chi connectivity index (χ3v) is 2.56. The smallest absolute Gasteiger partial charge is 0.157 e. The summed E-state index contributed by atoms with van der Waals surface area (Å²) in [5.41, 5.74) is 0.181. The number of benzene rings is 1. The molecular weight excluding hydrogens is 238 g/mol. The monoisotopic (exact) mass is 251 g/mol. The highest BCUT2D eigenvalue weighted by Crippen LogP contribution is 2.22. The minimum absolute atomic E-state index is 0.0316. The first kappa shape index (κ1) is 12.6. The predicted molar refractivity (Wildman–Crippen MR) is 63.2 cm³/mol. The topological polar surface area (TPSA) is 18.5 Å². The first-order valence-electron chi connectivity index (χ1n) is 5.55. The fourth-order valence-corrected chi connectivity index (χ4v) is 1.64. The molecular formula is C14H13F2O2. The van der Waals surface area contributed by atoms with Crippen molar-refractivity contribution < 1.29 is 18.3 Å². The number of halogens is 2. The number of ether oxygens (including phenoxy) is 2. The second-order valence-electron chi connectivity index (χ2n) is 3.80. The van der Waals surface area contributed by atoms with Crippen molar-refractivity contribution in [3.8, 4) is 0 Å². The Bertz CT molecular complexity index is 493. The molecule has 1 radical (unpaired) electrons. The number of hydrogen-bond acceptors (Lipinski definition) is 2. The fraction of sp³-hybridized carbons (Fsp3) is 0.214. The summed E-state index contributed by atoms with van der Waals surface area (Å²) in [6.45, 7) is -0.0316. The van der Waals surface area contributed by atoms with Crippen LogP contribution >= 0.6 is 0 Å². The van der Waals surface area contributed by atoms with E-state index in [0.717, 1.165) is 24.6 Å². The molecule has 0 spiro atoms. The van der Waals surface area contributed by atoms with Gasteiger partial charge in [-0.15, -0.1) is 0 Å². The Hall–Kier alpha value is -1.84. The summed E-state index contributed by atoms with van der Waals surface area (Å²) in [5.74, 6) is 0.160. The van der Waals surface area contributed by atoms with Crippen molar-refractivity contribution in [2.24, 2.45) is 0 Å². The first-order valence-corrected chi connectivity index (χ1v) is 5.55. The Morgan fingerprint density at radius 2 is 2.06 bits per heavy atom. The Labute approximate surface area is 105 Å². The minimum Gasteiger partial charge on any atom is -0.493 e. The van der Waals surface area contributed by atoms with Gasteiger partial charge in [-0.1, -0.05) is 0 Å². The molecule has 1 aliphatic carbocycles. The standard InChI is InChI=1S/C14H13F2O2/c1-17-13-4-2-3-5-14(13)18-9-10-8-11(15)6-7-12(10)16/h2,4-8H,3,9H2,1H3. The lowest BCUT2D eigenvalue weighted by molar-refractivity contribution is 0.161. The zero-order valence-electron chi connectivity index (χ0n) is 9.95. The molecule has 0 heterocycles. The molecule has 18 heavy (non-hydrogen) atoms. The van der Waals surface area contributed by atoms with Crippen LogP contribution in [0.25, 0.3) is 0 Å². The van der Waals surface area contributed by atoms with E-state index in [0.29, 0.717) is 11.5 Å². The van der Waals surface area contributed by atoms with Gasteiger partial charge in [0.15, 0.2) is 11.5 Å². The van der Waals surface area contributed by atoms with Gasteiger partial charge in [0, 0.05) is 5.56 Å². The molecule has 2 nitrogen and oxygen atoms in total. The number of hydrogen-bond donors (Lipinski definition) is 0. The lowest BCUT2D eigenvalue weighted by atomic mass is 10.1. The van der Waals surface area contributed by atoms with Crippen molar-refractivity contribution in [1.29, 1.82) is 0 Å². The van der Waals surface area contributed by atoms with Crippen LogP contribution < -0.4 is 0 Å². The molecule has 0 aliphatic heterocycles. The quantitative estimate of drug-likeness (QED) is 0.815. The highest BCUT2D eigenvalue weighted by atomic mass is 19.1. The van der Waals surface area contributed by atoms with E-state index >= 15 is 0 Å². The molecule has 1 aromatic carbocycles. The maximum atomic E-state index is 13.4. The largest absolute Gasteiger partial charge is 0.493 e. The van der Waals surface area contributed by atoms with Crippen LogP contribution in [0.1, 0.15) is 12.0 Å². The van der Waals surface area contributed by atoms with Crippen LogP contribution in [0.3, 0.4) is 0 Å². The summed E-state index contributed by atoms with van der Waals surface area (Å²) >= 11 is 0. The molecule has 0 unspecified atom stereocenters. The summed E-state index contributed by atoms with van der Waals surface area (Å²) in [7, 11) is 1.53. The van der Waals surface area contributed by atoms with Gasteiger partial charge in [-0.25, -0.2) is 8.78 Å². The lowest BCUT2D eigenvalue weighted by Gasteiger charge is -2.16. The van der Waals surface area contributed by atoms with Crippen molar-refractivity contribution in [2.45, 2.75) is 13.0 Å². The SMILES string of the molecule is COC1=C[CH]CC=C1OCc1cc(F)ccc1F. The molecule has 0 aromatic heterocycles. The molecule has 1 aliphatic rings. The van der Waals surface area contributed by atoms with Crippen LogP contribution in [-0.4, -0.2) is 7.11 Å². The Morgan fingerprint density at radius 3 is 2.83 bits per heavy atom. The van der Waals surface area contributed by atoms with Crippen LogP contribution in [0.15, 0.2) is 41.9 Å². The highest BCUT2D eigenvalue weighted by Gasteiger charge is 2.12. The van der Waals surface area contributed by atoms with Crippen molar-refractivity contribution in [3.63, 3.8) is 0 Å². The maximum absolute atomic E-state index is 13.4. The maximum Gasteiger partial charge on any atom is 0.157 e. The van der Waals surface area contributed by atoms with Crippen molar-refractivity contribution in [3.05, 3.63) is 65.5 Å². The third-order valence-electron chi connectivity index (χ3n) is 2.56. The first-order chi connectivity index (χ1) is 8.70. The van der Waals surface area contributed by atoms with Crippen LogP contribution in [0.2, 0.25) is 0 Å². The van der Waals surface area contributed by atoms with E-state index in [4.69, 9.17) is 9.47 Å². The van der Waals surface area contributed by atoms with Crippen molar-refractivity contribution in [1.82, 2.24) is 0 Å². The van der Waals surface area contributed by atoms with Gasteiger partial charge in [0.2, 0.25) is 0 Å². The minimum atomic E-state index is -0.484. The Balaban J connectivity index is 2.05. The normalized spacial score (nSPS) is 14.8. The van der Waals surface area contributed by atoms with Crippen LogP contribution in [0.5, 0.6) is 0 Å². The molecule has 0 bridgehead atoms. The summed E-state index contributed by atoms with van der Waals surface area (Å²) < 4.78 is 36.9. The zero-order valence-corrected chi connectivity index (χ0v) is 9.95. The molecule has 95 valence electrons. The van der Waals surface area contributed by atoms with Gasteiger partial charge in [-0.2, -0.15) is 0 Å². The molecule has 2 rings (SSSR count). The van der Waals surface area contributed by atoms with Crippen LogP contribution in [0, 0.1) is 18.1 Å². The predicted octanol–water partition coefficient (Wildman–Crippen LogP) is 3.50. The molecule has 0 saturated carbocycles. The number of rotatable bonds is 4. The Morgan fingerprint density at radius 1 is 1.22 bits per heavy atom. The van der Waals surface area contributed by atoms with E-state index in [2.05, 4.69) is 0 Å². The van der Waals surface area contributed by atoms with E-state index in [-0.39, 0.29) is 12.2 Å². The summed E-state index contributed by atoms with van der Waals surface area (Å²) in [6.07, 6.45) is 6.27. The second-order valence-corrected chi connectivity index (χ2v) is 3.80. The van der Waals surface area contributed by atoms with E-state index in [1.807, 2.05) is 12.5 Å². The Kier molecular flexibility index (Phi) is 3.97. The molecule has 0 atom stereocenters. The van der Waals surface area contributed by atoms with Gasteiger partial charge in [0.25, 0.3) is 0 Å². The van der Waals surface area contributed by atoms with Crippen molar-refractivity contribution >= 4 is 0 Å². The van der Waals surface area contributed by atoms with Gasteiger partial charge in [0.05, 0.1) is 7.11 Å². The molecule has 0 fully saturated rings. The third kappa shape index (κ3) is 2.88. The van der Waals surface area contributed by atoms with E-state index in [9.17, 15) is 8.78 Å². The highest BCUT2D eigenvalue weighted by molar-refractivity contribution is 5.28. The average Bonchev–Trinajstić information content (AvgIpc) is 2.40. The average molecular weight is 251 g/mol. The van der Waals surface area contributed by atoms with E-state index in [1.165, 1.54) is 7.11 Å². The van der Waals surface area contributed by atoms with Crippen LogP contribution in [-0.2, 0) is 16.1 Å². The molecule has 0 saturated heterocycles. The number of methoxy groups -OCH3 is 1. The molecule has 4 heteroatoms. The summed E-state index contributed by atoms with van der Waals surface area (Å²) in [5, 5.41) is 0.